The zero-order valence-electron chi connectivity index (χ0n) is 10.6. The van der Waals surface area contributed by atoms with Crippen molar-refractivity contribution in [1.82, 2.24) is 0 Å². The summed E-state index contributed by atoms with van der Waals surface area (Å²) in [6.07, 6.45) is 0. The van der Waals surface area contributed by atoms with E-state index in [-0.39, 0.29) is 0 Å². The van der Waals surface area contributed by atoms with Crippen LogP contribution in [0.5, 0.6) is 0 Å². The van der Waals surface area contributed by atoms with E-state index in [0.717, 1.165) is 0 Å². The van der Waals surface area contributed by atoms with Crippen LogP contribution in [0.1, 0.15) is 13.8 Å². The fourth-order valence-corrected chi connectivity index (χ4v) is 10.0. The number of benzene rings is 1. The summed E-state index contributed by atoms with van der Waals surface area (Å²) in [5, 5.41) is 1.39. The average molecular weight is 302 g/mol. The summed E-state index contributed by atoms with van der Waals surface area (Å²) in [6.45, 7) is 7.01. The molecule has 1 fully saturated rings. The van der Waals surface area contributed by atoms with Gasteiger partial charge in [-0.3, -0.25) is 0 Å². The van der Waals surface area contributed by atoms with Crippen LogP contribution in [0, 0.1) is 5.41 Å². The molecule has 1 saturated heterocycles. The molecule has 4 heteroatoms. The first-order valence-corrected chi connectivity index (χ1v) is 11.2. The zero-order chi connectivity index (χ0) is 12.5. The van der Waals surface area contributed by atoms with Crippen molar-refractivity contribution in [3.8, 4) is 0 Å². The van der Waals surface area contributed by atoms with Crippen LogP contribution >= 0.6 is 29.6 Å². The van der Waals surface area contributed by atoms with Crippen LogP contribution in [0.25, 0.3) is 0 Å². The molecule has 0 aliphatic carbocycles. The van der Waals surface area contributed by atoms with E-state index in [1.54, 1.807) is 0 Å². The smallest absolute Gasteiger partial charge is 0.0824 e. The molecule has 0 bridgehead atoms. The van der Waals surface area contributed by atoms with Crippen molar-refractivity contribution in [2.75, 3.05) is 18.2 Å². The third-order valence-corrected chi connectivity index (χ3v) is 13.8. The van der Waals surface area contributed by atoms with E-state index in [1.807, 2.05) is 0 Å². The lowest BCUT2D eigenvalue weighted by Crippen LogP contribution is -2.27. The first kappa shape index (κ1) is 14.0. The van der Waals surface area contributed by atoms with Gasteiger partial charge in [-0.2, -0.15) is 0 Å². The van der Waals surface area contributed by atoms with Gasteiger partial charge in [-0.05, 0) is 17.4 Å². The van der Waals surface area contributed by atoms with Gasteiger partial charge in [-0.25, -0.2) is 0 Å². The average Bonchev–Trinajstić information content (AvgIpc) is 2.29. The molecular weight excluding hydrogens is 283 g/mol. The van der Waals surface area contributed by atoms with E-state index in [9.17, 15) is 0 Å². The van der Waals surface area contributed by atoms with Gasteiger partial charge in [0, 0.05) is 17.5 Å². The van der Waals surface area contributed by atoms with Gasteiger partial charge in [0.05, 0.1) is 4.32 Å². The summed E-state index contributed by atoms with van der Waals surface area (Å²) < 4.78 is 0.605. The van der Waals surface area contributed by atoms with Crippen molar-refractivity contribution in [3.05, 3.63) is 30.3 Å². The molecule has 0 aromatic heterocycles. The van der Waals surface area contributed by atoms with Crippen LogP contribution in [0.2, 0.25) is 0 Å². The molecule has 1 aromatic carbocycles. The van der Waals surface area contributed by atoms with Gasteiger partial charge in [0.2, 0.25) is 0 Å². The standard InChI is InChI=1S/C13H19PS3/c1-13(2)9-16-12(17-10-13)14(3,15)11-7-5-4-6-8-11/h4-8,12H,9-10H2,1-3H3. The summed E-state index contributed by atoms with van der Waals surface area (Å²) in [6, 6.07) is 9.30. The minimum Gasteiger partial charge on any atom is -0.141 e. The van der Waals surface area contributed by atoms with Crippen molar-refractivity contribution in [3.63, 3.8) is 0 Å². The highest BCUT2D eigenvalue weighted by Gasteiger charge is 2.34. The Bertz CT molecular complexity index is 418. The molecule has 1 aromatic rings. The van der Waals surface area contributed by atoms with E-state index in [4.69, 9.17) is 11.8 Å². The Labute approximate surface area is 118 Å². The summed E-state index contributed by atoms with van der Waals surface area (Å²) >= 11 is 10.1. The summed E-state index contributed by atoms with van der Waals surface area (Å²) in [4.78, 5) is 0. The molecule has 0 N–H and O–H groups in total. The van der Waals surface area contributed by atoms with Crippen LogP contribution in [-0.4, -0.2) is 22.5 Å². The van der Waals surface area contributed by atoms with Crippen molar-refractivity contribution in [2.45, 2.75) is 18.2 Å². The molecular formula is C13H19PS3. The second-order valence-corrected chi connectivity index (χ2v) is 13.9. The lowest BCUT2D eigenvalue weighted by Gasteiger charge is -2.37. The highest BCUT2D eigenvalue weighted by molar-refractivity contribution is 8.35. The lowest BCUT2D eigenvalue weighted by atomic mass is 10.0. The maximum Gasteiger partial charge on any atom is 0.0824 e. The Hall–Kier alpha value is 0.570. The molecule has 1 aliphatic rings. The molecule has 94 valence electrons. The normalized spacial score (nSPS) is 24.2. The Kier molecular flexibility index (Phi) is 4.35. The van der Waals surface area contributed by atoms with Crippen molar-refractivity contribution < 1.29 is 0 Å². The predicted octanol–water partition coefficient (Wildman–Crippen LogP) is 4.21. The van der Waals surface area contributed by atoms with Crippen LogP contribution in [0.3, 0.4) is 0 Å². The summed E-state index contributed by atoms with van der Waals surface area (Å²) in [7, 11) is 0. The number of hydrogen-bond donors (Lipinski definition) is 0. The maximum absolute atomic E-state index is 5.97. The van der Waals surface area contributed by atoms with Gasteiger partial charge >= 0.3 is 0 Å². The molecule has 0 amide bonds. The Morgan fingerprint density at radius 1 is 1.18 bits per heavy atom. The third-order valence-electron chi connectivity index (χ3n) is 2.90. The summed E-state index contributed by atoms with van der Waals surface area (Å²) in [5.41, 5.74) is 0.470. The monoisotopic (exact) mass is 302 g/mol. The molecule has 17 heavy (non-hydrogen) atoms. The maximum atomic E-state index is 5.97. The molecule has 1 atom stereocenters. The van der Waals surface area contributed by atoms with Crippen LogP contribution < -0.4 is 5.30 Å². The first-order chi connectivity index (χ1) is 7.92. The SMILES string of the molecule is CC1(C)CSC(P(C)(=S)c2ccccc2)SC1. The molecule has 1 heterocycles. The van der Waals surface area contributed by atoms with E-state index in [0.29, 0.717) is 9.74 Å². The number of hydrogen-bond acceptors (Lipinski definition) is 3. The predicted molar refractivity (Wildman–Crippen MR) is 88.8 cm³/mol. The fourth-order valence-electron chi connectivity index (χ4n) is 1.81. The van der Waals surface area contributed by atoms with E-state index in [2.05, 4.69) is 74.4 Å². The third kappa shape index (κ3) is 3.32. The van der Waals surface area contributed by atoms with Crippen molar-refractivity contribution in [1.29, 1.82) is 0 Å². The van der Waals surface area contributed by atoms with Crippen molar-refractivity contribution in [2.24, 2.45) is 5.41 Å². The molecule has 2 rings (SSSR count). The number of thioether (sulfide) groups is 2. The molecule has 1 unspecified atom stereocenters. The molecule has 0 spiro atoms. The highest BCUT2D eigenvalue weighted by atomic mass is 32.5. The van der Waals surface area contributed by atoms with E-state index in [1.165, 1.54) is 16.8 Å². The van der Waals surface area contributed by atoms with Gasteiger partial charge < -0.3 is 0 Å². The second-order valence-electron chi connectivity index (χ2n) is 5.42. The minimum atomic E-state index is -1.42. The van der Waals surface area contributed by atoms with Crippen LogP contribution in [0.4, 0.5) is 0 Å². The molecule has 0 saturated carbocycles. The second kappa shape index (κ2) is 5.28. The van der Waals surface area contributed by atoms with Crippen LogP contribution in [-0.2, 0) is 11.8 Å². The van der Waals surface area contributed by atoms with E-state index >= 15 is 0 Å². The largest absolute Gasteiger partial charge is 0.141 e. The lowest BCUT2D eigenvalue weighted by molar-refractivity contribution is 0.490. The Morgan fingerprint density at radius 2 is 1.71 bits per heavy atom. The van der Waals surface area contributed by atoms with Gasteiger partial charge in [0.15, 0.2) is 0 Å². The molecule has 1 aliphatic heterocycles. The quantitative estimate of drug-likeness (QED) is 0.751. The Balaban J connectivity index is 2.15. The van der Waals surface area contributed by atoms with Crippen LogP contribution in [0.15, 0.2) is 30.3 Å². The topological polar surface area (TPSA) is 0 Å². The van der Waals surface area contributed by atoms with Gasteiger partial charge in [-0.15, -0.1) is 23.5 Å². The first-order valence-electron chi connectivity index (χ1n) is 5.78. The van der Waals surface area contributed by atoms with Gasteiger partial charge in [0.1, 0.15) is 0 Å². The molecule has 0 radical (unpaired) electrons. The highest BCUT2D eigenvalue weighted by Crippen LogP contribution is 2.59. The number of rotatable bonds is 2. The fraction of sp³-hybridized carbons (Fsp3) is 0.538. The molecule has 0 nitrogen and oxygen atoms in total. The van der Waals surface area contributed by atoms with Gasteiger partial charge in [0.25, 0.3) is 0 Å². The summed E-state index contributed by atoms with van der Waals surface area (Å²) in [5.74, 6) is 2.48. The zero-order valence-corrected chi connectivity index (χ0v) is 13.9. The van der Waals surface area contributed by atoms with Crippen molar-refractivity contribution >= 4 is 46.7 Å². The van der Waals surface area contributed by atoms with Gasteiger partial charge in [-0.1, -0.05) is 56.0 Å². The van der Waals surface area contributed by atoms with E-state index < -0.39 is 6.04 Å². The Morgan fingerprint density at radius 3 is 2.24 bits per heavy atom. The minimum absolute atomic E-state index is 0.470.